The van der Waals surface area contributed by atoms with Crippen LogP contribution in [0.3, 0.4) is 0 Å². The molecule has 0 heterocycles. The highest BCUT2D eigenvalue weighted by Crippen LogP contribution is 2.29. The molecule has 3 aromatic carbocycles. The van der Waals surface area contributed by atoms with E-state index in [9.17, 15) is 14.4 Å². The first-order valence-corrected chi connectivity index (χ1v) is 17.0. The van der Waals surface area contributed by atoms with Crippen molar-refractivity contribution in [2.24, 2.45) is 17.8 Å². The van der Waals surface area contributed by atoms with Gasteiger partial charge in [-0.3, -0.25) is 9.59 Å². The minimum absolute atomic E-state index is 0.136. The van der Waals surface area contributed by atoms with E-state index in [1.807, 2.05) is 113 Å². The summed E-state index contributed by atoms with van der Waals surface area (Å²) in [6.45, 7) is 10.0. The molecule has 1 N–H and O–H groups in total. The molecule has 46 heavy (non-hydrogen) atoms. The van der Waals surface area contributed by atoms with Crippen LogP contribution in [0.15, 0.2) is 78.9 Å². The summed E-state index contributed by atoms with van der Waals surface area (Å²) >= 11 is 2.22. The van der Waals surface area contributed by atoms with Crippen molar-refractivity contribution in [3.63, 3.8) is 0 Å². The van der Waals surface area contributed by atoms with E-state index in [1.54, 1.807) is 0 Å². The normalized spacial score (nSPS) is 13.4. The smallest absolute Gasteiger partial charge is 0.328 e. The SMILES string of the molecule is COC(=O)[C@H](Cc1ccc(I)cc1)NC(=O)[C@@H](CC(C)C)[C@H](CCCc1ccc(OCc2ccccc2)cc1)C(=O)OC(C)(C)C. The lowest BCUT2D eigenvalue weighted by atomic mass is 9.81. The fraction of sp³-hybridized carbons (Fsp3) is 0.447. The number of esters is 2. The second-order valence-corrected chi connectivity index (χ2v) is 14.3. The second-order valence-electron chi connectivity index (χ2n) is 13.1. The van der Waals surface area contributed by atoms with Crippen LogP contribution in [0.25, 0.3) is 0 Å². The van der Waals surface area contributed by atoms with E-state index in [4.69, 9.17) is 14.2 Å². The molecule has 0 spiro atoms. The Morgan fingerprint density at radius 3 is 2.02 bits per heavy atom. The molecule has 8 heteroatoms. The Morgan fingerprint density at radius 1 is 0.804 bits per heavy atom. The molecule has 7 nitrogen and oxygen atoms in total. The van der Waals surface area contributed by atoms with Gasteiger partial charge in [0, 0.05) is 9.99 Å². The van der Waals surface area contributed by atoms with Gasteiger partial charge in [-0.1, -0.05) is 68.4 Å². The summed E-state index contributed by atoms with van der Waals surface area (Å²) in [6.07, 6.45) is 2.63. The van der Waals surface area contributed by atoms with Crippen LogP contribution in [0.4, 0.5) is 0 Å². The summed E-state index contributed by atoms with van der Waals surface area (Å²) in [6, 6.07) is 24.9. The first-order valence-electron chi connectivity index (χ1n) is 16.0. The molecule has 0 aliphatic carbocycles. The predicted octanol–water partition coefficient (Wildman–Crippen LogP) is 7.71. The second kappa shape index (κ2) is 18.1. The number of rotatable bonds is 16. The summed E-state index contributed by atoms with van der Waals surface area (Å²) < 4.78 is 17.9. The van der Waals surface area contributed by atoms with Crippen molar-refractivity contribution in [3.8, 4) is 5.75 Å². The molecule has 0 saturated heterocycles. The van der Waals surface area contributed by atoms with E-state index in [0.717, 1.165) is 32.4 Å². The van der Waals surface area contributed by atoms with Crippen LogP contribution in [0, 0.1) is 21.3 Å². The summed E-state index contributed by atoms with van der Waals surface area (Å²) in [5.41, 5.74) is 2.41. The Labute approximate surface area is 287 Å². The number of hydrogen-bond donors (Lipinski definition) is 1. The van der Waals surface area contributed by atoms with Crippen LogP contribution in [0.5, 0.6) is 5.75 Å². The largest absolute Gasteiger partial charge is 0.489 e. The molecular weight excluding hydrogens is 693 g/mol. The lowest BCUT2D eigenvalue weighted by Crippen LogP contribution is -2.48. The quantitative estimate of drug-likeness (QED) is 0.120. The summed E-state index contributed by atoms with van der Waals surface area (Å²) in [5, 5.41) is 2.94. The third-order valence-electron chi connectivity index (χ3n) is 7.56. The lowest BCUT2D eigenvalue weighted by molar-refractivity contribution is -0.164. The van der Waals surface area contributed by atoms with Gasteiger partial charge < -0.3 is 19.5 Å². The monoisotopic (exact) mass is 741 g/mol. The minimum Gasteiger partial charge on any atom is -0.489 e. The van der Waals surface area contributed by atoms with Crippen LogP contribution in [0.2, 0.25) is 0 Å². The Hall–Kier alpha value is -3.40. The molecule has 248 valence electrons. The highest BCUT2D eigenvalue weighted by atomic mass is 127. The van der Waals surface area contributed by atoms with Crippen LogP contribution < -0.4 is 10.1 Å². The topological polar surface area (TPSA) is 90.9 Å². The van der Waals surface area contributed by atoms with Crippen molar-refractivity contribution in [1.82, 2.24) is 5.32 Å². The fourth-order valence-electron chi connectivity index (χ4n) is 5.31. The maximum Gasteiger partial charge on any atom is 0.328 e. The molecule has 0 aromatic heterocycles. The fourth-order valence-corrected chi connectivity index (χ4v) is 5.67. The van der Waals surface area contributed by atoms with Crippen molar-refractivity contribution >= 4 is 40.4 Å². The number of aryl methyl sites for hydroxylation is 1. The van der Waals surface area contributed by atoms with E-state index in [0.29, 0.717) is 25.9 Å². The highest BCUT2D eigenvalue weighted by molar-refractivity contribution is 14.1. The van der Waals surface area contributed by atoms with Gasteiger partial charge in [0.25, 0.3) is 0 Å². The maximum atomic E-state index is 14.0. The molecule has 0 bridgehead atoms. The first kappa shape index (κ1) is 37.1. The van der Waals surface area contributed by atoms with Gasteiger partial charge in [-0.25, -0.2) is 4.79 Å². The van der Waals surface area contributed by atoms with Gasteiger partial charge >= 0.3 is 11.9 Å². The summed E-state index contributed by atoms with van der Waals surface area (Å²) in [4.78, 5) is 40.4. The van der Waals surface area contributed by atoms with Crippen molar-refractivity contribution in [3.05, 3.63) is 99.1 Å². The molecule has 3 aromatic rings. The summed E-state index contributed by atoms with van der Waals surface area (Å²) in [5.74, 6) is -1.69. The van der Waals surface area contributed by atoms with E-state index >= 15 is 0 Å². The van der Waals surface area contributed by atoms with Crippen LogP contribution in [-0.2, 0) is 43.3 Å². The van der Waals surface area contributed by atoms with Gasteiger partial charge in [-0.15, -0.1) is 0 Å². The lowest BCUT2D eigenvalue weighted by Gasteiger charge is -2.30. The zero-order valence-electron chi connectivity index (χ0n) is 27.9. The number of benzene rings is 3. The van der Waals surface area contributed by atoms with Gasteiger partial charge in [0.05, 0.1) is 18.9 Å². The predicted molar refractivity (Wildman–Crippen MR) is 189 cm³/mol. The molecule has 3 rings (SSSR count). The van der Waals surface area contributed by atoms with Crippen LogP contribution in [0.1, 0.15) is 70.6 Å². The first-order chi connectivity index (χ1) is 21.8. The summed E-state index contributed by atoms with van der Waals surface area (Å²) in [7, 11) is 1.31. The molecule has 0 saturated carbocycles. The van der Waals surface area contributed by atoms with Crippen LogP contribution in [-0.4, -0.2) is 36.6 Å². The van der Waals surface area contributed by atoms with Crippen molar-refractivity contribution in [2.75, 3.05) is 7.11 Å². The third-order valence-corrected chi connectivity index (χ3v) is 8.28. The Kier molecular flexibility index (Phi) is 14.6. The molecule has 0 aliphatic rings. The van der Waals surface area contributed by atoms with E-state index in [-0.39, 0.29) is 18.2 Å². The molecule has 0 unspecified atom stereocenters. The van der Waals surface area contributed by atoms with Gasteiger partial charge in [0.1, 0.15) is 24.0 Å². The Balaban J connectivity index is 1.74. The minimum atomic E-state index is -0.880. The number of ether oxygens (including phenoxy) is 3. The Morgan fingerprint density at radius 2 is 1.43 bits per heavy atom. The number of hydrogen-bond acceptors (Lipinski definition) is 6. The van der Waals surface area contributed by atoms with E-state index in [2.05, 4.69) is 27.9 Å². The number of halogens is 1. The average Bonchev–Trinajstić information content (AvgIpc) is 3.01. The average molecular weight is 742 g/mol. The van der Waals surface area contributed by atoms with Gasteiger partial charge in [-0.2, -0.15) is 0 Å². The number of nitrogens with one attached hydrogen (secondary N) is 1. The van der Waals surface area contributed by atoms with Crippen molar-refractivity contribution in [2.45, 2.75) is 85.0 Å². The number of carbonyl (C=O) groups is 3. The van der Waals surface area contributed by atoms with Gasteiger partial charge in [0.15, 0.2) is 0 Å². The number of methoxy groups -OCH3 is 1. The van der Waals surface area contributed by atoms with E-state index in [1.165, 1.54) is 7.11 Å². The molecule has 0 fully saturated rings. The highest BCUT2D eigenvalue weighted by Gasteiger charge is 2.38. The molecular formula is C38H48INO6. The van der Waals surface area contributed by atoms with Crippen molar-refractivity contribution in [1.29, 1.82) is 0 Å². The van der Waals surface area contributed by atoms with Gasteiger partial charge in [0.2, 0.25) is 5.91 Å². The standard InChI is InChI=1S/C38H48INO6/c1-26(2)23-33(35(41)40-34(37(43)44-6)24-28-15-19-30(39)20-16-28)32(36(42)46-38(3,4)5)14-10-13-27-17-21-31(22-18-27)45-25-29-11-8-7-9-12-29/h7-9,11-12,15-22,26,32-34H,10,13-14,23-25H2,1-6H3,(H,40,41)/t32-,33-,34-/m0/s1. The molecule has 0 aliphatic heterocycles. The van der Waals surface area contributed by atoms with Crippen molar-refractivity contribution < 1.29 is 28.6 Å². The Bertz CT molecular complexity index is 1380. The molecule has 3 atom stereocenters. The molecule has 1 amide bonds. The van der Waals surface area contributed by atoms with Crippen LogP contribution >= 0.6 is 22.6 Å². The zero-order chi connectivity index (χ0) is 33.7. The number of carbonyl (C=O) groups excluding carboxylic acids is 3. The molecule has 0 radical (unpaired) electrons. The number of amides is 1. The van der Waals surface area contributed by atoms with E-state index < -0.39 is 35.4 Å². The third kappa shape index (κ3) is 12.8. The zero-order valence-corrected chi connectivity index (χ0v) is 30.0. The maximum absolute atomic E-state index is 14.0. The van der Waals surface area contributed by atoms with Gasteiger partial charge in [-0.05, 0) is 116 Å².